The second-order valence-corrected chi connectivity index (χ2v) is 8.80. The zero-order valence-electron chi connectivity index (χ0n) is 16.9. The van der Waals surface area contributed by atoms with E-state index in [9.17, 15) is 30.7 Å². The van der Waals surface area contributed by atoms with Gasteiger partial charge in [0, 0.05) is 0 Å². The molecule has 0 spiro atoms. The molecule has 1 aromatic heterocycles. The summed E-state index contributed by atoms with van der Waals surface area (Å²) in [6.45, 7) is 0.579. The summed E-state index contributed by atoms with van der Waals surface area (Å²) in [5, 5.41) is 8.37. The Morgan fingerprint density at radius 2 is 1.81 bits per heavy atom. The number of nitriles is 1. The van der Waals surface area contributed by atoms with Gasteiger partial charge in [-0.3, -0.25) is 0 Å². The molecule has 2 aromatic rings. The van der Waals surface area contributed by atoms with Crippen molar-refractivity contribution in [2.75, 3.05) is 0 Å². The first-order valence-corrected chi connectivity index (χ1v) is 10.6. The molecule has 174 valence electrons. The number of aromatic nitrogens is 1. The number of alkyl halides is 6. The molecule has 3 rings (SSSR count). The van der Waals surface area contributed by atoms with Gasteiger partial charge in [0.1, 0.15) is 22.3 Å². The van der Waals surface area contributed by atoms with Gasteiger partial charge in [-0.05, 0) is 37.5 Å². The predicted octanol–water partition coefficient (Wildman–Crippen LogP) is 7.05. The van der Waals surface area contributed by atoms with Gasteiger partial charge in [0.25, 0.3) is 0 Å². The number of hydrogen-bond acceptors (Lipinski definition) is 4. The Bertz CT molecular complexity index is 1000. The Balaban J connectivity index is 1.93. The zero-order valence-corrected chi connectivity index (χ0v) is 17.7. The summed E-state index contributed by atoms with van der Waals surface area (Å²) >= 11 is 0.378. The molecule has 1 heterocycles. The van der Waals surface area contributed by atoms with Crippen molar-refractivity contribution in [3.05, 3.63) is 50.7 Å². The van der Waals surface area contributed by atoms with E-state index in [0.717, 1.165) is 12.1 Å². The summed E-state index contributed by atoms with van der Waals surface area (Å²) in [5.41, 5.74) is -2.65. The van der Waals surface area contributed by atoms with E-state index in [-0.39, 0.29) is 34.7 Å². The second-order valence-electron chi connectivity index (χ2n) is 7.77. The molecule has 1 fully saturated rings. The lowest BCUT2D eigenvalue weighted by atomic mass is 9.74. The summed E-state index contributed by atoms with van der Waals surface area (Å²) < 4.78 is 102. The maximum Gasteiger partial charge on any atom is 0.419 e. The van der Waals surface area contributed by atoms with Crippen molar-refractivity contribution in [2.24, 2.45) is 0 Å². The number of ether oxygens (including phenoxy) is 1. The van der Waals surface area contributed by atoms with Crippen LogP contribution in [0.2, 0.25) is 0 Å². The Labute approximate surface area is 183 Å². The first-order valence-electron chi connectivity index (χ1n) is 9.80. The third kappa shape index (κ3) is 4.76. The minimum Gasteiger partial charge on any atom is -0.358 e. The van der Waals surface area contributed by atoms with Crippen LogP contribution in [0.25, 0.3) is 0 Å². The molecule has 11 heteroatoms. The van der Waals surface area contributed by atoms with Crippen LogP contribution in [0.5, 0.6) is 0 Å². The van der Waals surface area contributed by atoms with Crippen LogP contribution in [0.3, 0.4) is 0 Å². The van der Waals surface area contributed by atoms with Crippen molar-refractivity contribution < 1.29 is 35.5 Å². The van der Waals surface area contributed by atoms with Gasteiger partial charge in [-0.1, -0.05) is 25.3 Å². The van der Waals surface area contributed by atoms with E-state index in [1.165, 1.54) is 13.0 Å². The van der Waals surface area contributed by atoms with Crippen LogP contribution in [-0.4, -0.2) is 17.3 Å². The minimum absolute atomic E-state index is 0.0529. The summed E-state index contributed by atoms with van der Waals surface area (Å²) in [4.78, 5) is 3.47. The first-order chi connectivity index (χ1) is 14.9. The van der Waals surface area contributed by atoms with Crippen LogP contribution in [-0.2, 0) is 16.8 Å². The molecule has 0 radical (unpaired) electrons. The van der Waals surface area contributed by atoms with Crippen molar-refractivity contribution in [2.45, 2.75) is 69.5 Å². The quantitative estimate of drug-likeness (QED) is 0.431. The highest BCUT2D eigenvalue weighted by atomic mass is 32.1. The number of benzene rings is 1. The van der Waals surface area contributed by atoms with E-state index in [1.807, 2.05) is 0 Å². The first kappa shape index (κ1) is 24.5. The standard InChI is InChI=1S/C21H19F7N2OS/c1-12-16(32-18(30-12)19(21(26,27)28)7-3-2-4-8-19)17(20(23,24)25)31-11-13-5-6-14(10-29)15(22)9-13/h5-6,9,17H,2-4,7-8,11H2,1H3. The van der Waals surface area contributed by atoms with Gasteiger partial charge in [0.05, 0.1) is 22.7 Å². The fraction of sp³-hybridized carbons (Fsp3) is 0.524. The lowest BCUT2D eigenvalue weighted by molar-refractivity contribution is -0.226. The van der Waals surface area contributed by atoms with Crippen LogP contribution in [0.15, 0.2) is 18.2 Å². The predicted molar refractivity (Wildman–Crippen MR) is 102 cm³/mol. The third-order valence-electron chi connectivity index (χ3n) is 5.60. The van der Waals surface area contributed by atoms with Gasteiger partial charge in [0.2, 0.25) is 0 Å². The van der Waals surface area contributed by atoms with E-state index in [2.05, 4.69) is 4.98 Å². The summed E-state index contributed by atoms with van der Waals surface area (Å²) in [5.74, 6) is -0.905. The molecule has 1 saturated carbocycles. The smallest absolute Gasteiger partial charge is 0.358 e. The number of thiazole rings is 1. The molecular weight excluding hydrogens is 461 g/mol. The fourth-order valence-corrected chi connectivity index (χ4v) is 5.28. The van der Waals surface area contributed by atoms with Crippen LogP contribution in [0.1, 0.15) is 64.9 Å². The van der Waals surface area contributed by atoms with Gasteiger partial charge in [-0.15, -0.1) is 11.3 Å². The number of aryl methyl sites for hydroxylation is 1. The lowest BCUT2D eigenvalue weighted by Gasteiger charge is -2.37. The molecule has 0 bridgehead atoms. The van der Waals surface area contributed by atoms with Crippen molar-refractivity contribution in [1.82, 2.24) is 4.98 Å². The zero-order chi connectivity index (χ0) is 23.7. The van der Waals surface area contributed by atoms with E-state index in [1.54, 1.807) is 6.07 Å². The largest absolute Gasteiger partial charge is 0.419 e. The van der Waals surface area contributed by atoms with E-state index < -0.39 is 41.2 Å². The fourth-order valence-electron chi connectivity index (χ4n) is 3.87. The van der Waals surface area contributed by atoms with Gasteiger partial charge >= 0.3 is 12.4 Å². The Hall–Kier alpha value is -2.19. The Morgan fingerprint density at radius 3 is 2.34 bits per heavy atom. The third-order valence-corrected chi connectivity index (χ3v) is 7.00. The molecule has 1 unspecified atom stereocenters. The summed E-state index contributed by atoms with van der Waals surface area (Å²) in [6.07, 6.45) is -11.2. The van der Waals surface area contributed by atoms with Crippen molar-refractivity contribution >= 4 is 11.3 Å². The number of halogens is 7. The summed E-state index contributed by atoms with van der Waals surface area (Å²) in [6, 6.07) is 4.85. The van der Waals surface area contributed by atoms with Gasteiger partial charge in [-0.25, -0.2) is 9.37 Å². The molecule has 0 aliphatic heterocycles. The van der Waals surface area contributed by atoms with E-state index >= 15 is 0 Å². The molecular formula is C21H19F7N2OS. The Kier molecular flexibility index (Phi) is 6.86. The second kappa shape index (κ2) is 8.98. The van der Waals surface area contributed by atoms with Gasteiger partial charge in [-0.2, -0.15) is 31.6 Å². The van der Waals surface area contributed by atoms with Gasteiger partial charge < -0.3 is 4.74 Å². The molecule has 0 saturated heterocycles. The minimum atomic E-state index is -4.92. The van der Waals surface area contributed by atoms with Gasteiger partial charge in [0.15, 0.2) is 6.10 Å². The molecule has 1 aliphatic carbocycles. The van der Waals surface area contributed by atoms with E-state index in [0.29, 0.717) is 30.6 Å². The molecule has 3 nitrogen and oxygen atoms in total. The highest BCUT2D eigenvalue weighted by Crippen LogP contribution is 2.53. The van der Waals surface area contributed by atoms with Crippen molar-refractivity contribution in [1.29, 1.82) is 5.26 Å². The lowest BCUT2D eigenvalue weighted by Crippen LogP contribution is -2.43. The SMILES string of the molecule is Cc1nc(C2(C(F)(F)F)CCCCC2)sc1C(OCc1ccc(C#N)c(F)c1)C(F)(F)F. The van der Waals surface area contributed by atoms with Crippen LogP contribution in [0, 0.1) is 24.1 Å². The molecule has 1 aromatic carbocycles. The number of rotatable bonds is 5. The van der Waals surface area contributed by atoms with Crippen molar-refractivity contribution in [3.8, 4) is 6.07 Å². The van der Waals surface area contributed by atoms with Crippen molar-refractivity contribution in [3.63, 3.8) is 0 Å². The topological polar surface area (TPSA) is 45.9 Å². The van der Waals surface area contributed by atoms with Crippen LogP contribution in [0.4, 0.5) is 30.7 Å². The van der Waals surface area contributed by atoms with Crippen LogP contribution < -0.4 is 0 Å². The van der Waals surface area contributed by atoms with Crippen LogP contribution >= 0.6 is 11.3 Å². The summed E-state index contributed by atoms with van der Waals surface area (Å²) in [7, 11) is 0. The maximum atomic E-state index is 14.0. The van der Waals surface area contributed by atoms with E-state index in [4.69, 9.17) is 10.00 Å². The molecule has 0 amide bonds. The molecule has 32 heavy (non-hydrogen) atoms. The highest BCUT2D eigenvalue weighted by molar-refractivity contribution is 7.12. The number of nitrogens with zero attached hydrogens (tertiary/aromatic N) is 2. The average molecular weight is 480 g/mol. The monoisotopic (exact) mass is 480 g/mol. The normalized spacial score (nSPS) is 17.7. The number of hydrogen-bond donors (Lipinski definition) is 0. The average Bonchev–Trinajstić information content (AvgIpc) is 3.08. The molecule has 1 aliphatic rings. The molecule has 1 atom stereocenters. The highest BCUT2D eigenvalue weighted by Gasteiger charge is 2.58. The maximum absolute atomic E-state index is 14.0. The Morgan fingerprint density at radius 1 is 1.16 bits per heavy atom. The molecule has 0 N–H and O–H groups in total.